The average Bonchev–Trinajstić information content (AvgIpc) is 2.92. The number of hydrogen-bond acceptors (Lipinski definition) is 6. The number of sulfone groups is 1. The quantitative estimate of drug-likeness (QED) is 0.294. The smallest absolute Gasteiger partial charge is 0.368 e. The van der Waals surface area contributed by atoms with Crippen molar-refractivity contribution in [2.24, 2.45) is 17.6 Å². The molecule has 3 N–H and O–H groups in total. The fourth-order valence-corrected chi connectivity index (χ4v) is 5.56. The Morgan fingerprint density at radius 2 is 1.44 bits per heavy atom. The Hall–Kier alpha value is -4.33. The number of carbonyl (C=O) groups is 1. The molecule has 0 radical (unpaired) electrons. The number of primary amides is 1. The Balaban J connectivity index is 2.06. The van der Waals surface area contributed by atoms with Gasteiger partial charge < -0.3 is 5.73 Å². The summed E-state index contributed by atoms with van der Waals surface area (Å²) in [5.41, 5.74) is 2.85. The number of halogens is 5. The van der Waals surface area contributed by atoms with Crippen LogP contribution in [0.25, 0.3) is 11.1 Å². The first kappa shape index (κ1) is 33.2. The molecule has 0 saturated heterocycles. The van der Waals surface area contributed by atoms with Gasteiger partial charge in [-0.25, -0.2) is 17.2 Å². The number of hydrogen-bond donors (Lipinski definition) is 2. The molecule has 0 spiro atoms. The zero-order valence-corrected chi connectivity index (χ0v) is 24.0. The van der Waals surface area contributed by atoms with E-state index in [1.165, 1.54) is 50.2 Å². The fraction of sp³-hybridized carbons (Fsp3) is 0.300. The zero-order chi connectivity index (χ0) is 32.3. The van der Waals surface area contributed by atoms with Gasteiger partial charge in [-0.3, -0.25) is 10.1 Å². The van der Waals surface area contributed by atoms with Crippen molar-refractivity contribution in [2.75, 3.05) is 6.26 Å². The molecule has 3 aromatic rings. The van der Waals surface area contributed by atoms with Crippen LogP contribution >= 0.6 is 0 Å². The first-order valence-corrected chi connectivity index (χ1v) is 14.7. The molecule has 0 aliphatic rings. The second-order valence-electron chi connectivity index (χ2n) is 10.3. The van der Waals surface area contributed by atoms with Crippen LogP contribution < -0.4 is 11.1 Å². The molecular formula is C30H27F5N4O3S. The second-order valence-corrected chi connectivity index (χ2v) is 12.4. The van der Waals surface area contributed by atoms with Gasteiger partial charge in [0.2, 0.25) is 5.91 Å². The first-order chi connectivity index (χ1) is 19.9. The van der Waals surface area contributed by atoms with Crippen LogP contribution in [-0.4, -0.2) is 32.3 Å². The van der Waals surface area contributed by atoms with Crippen LogP contribution in [0.5, 0.6) is 0 Å². The molecule has 3 atom stereocenters. The standard InChI is InChI=1S/C30H27F5N4O3S/c1-17(2)29(28(38)40,22(16-37)14-24-25(31)12-18(15-36)13-26(24)32)39-27(30(33,34)35)21-6-4-19(5-7-21)20-8-10-23(11-9-20)43(3,41)42/h4-13,17,22,27,39H,14H2,1-3H3,(H2,38,40)/t22-,27+,29?/m1/s1. The van der Waals surface area contributed by atoms with E-state index in [9.17, 15) is 40.4 Å². The number of benzene rings is 3. The van der Waals surface area contributed by atoms with Gasteiger partial charge >= 0.3 is 6.18 Å². The largest absolute Gasteiger partial charge is 0.407 e. The summed E-state index contributed by atoms with van der Waals surface area (Å²) in [5.74, 6) is -6.56. The minimum atomic E-state index is -5.01. The van der Waals surface area contributed by atoms with E-state index in [1.54, 1.807) is 12.1 Å². The van der Waals surface area contributed by atoms with E-state index in [0.717, 1.165) is 30.5 Å². The van der Waals surface area contributed by atoms with E-state index >= 15 is 0 Å². The van der Waals surface area contributed by atoms with Gasteiger partial charge in [0.15, 0.2) is 9.84 Å². The lowest BCUT2D eigenvalue weighted by atomic mass is 9.71. The van der Waals surface area contributed by atoms with Crippen molar-refractivity contribution in [3.05, 3.63) is 89.0 Å². The summed E-state index contributed by atoms with van der Waals surface area (Å²) in [4.78, 5) is 13.0. The highest BCUT2D eigenvalue weighted by Gasteiger charge is 2.54. The minimum absolute atomic E-state index is 0.0681. The van der Waals surface area contributed by atoms with Crippen LogP contribution in [0.1, 0.15) is 36.6 Å². The molecule has 0 aliphatic heterocycles. The highest BCUT2D eigenvalue weighted by Crippen LogP contribution is 2.40. The zero-order valence-electron chi connectivity index (χ0n) is 23.2. The van der Waals surface area contributed by atoms with E-state index in [1.807, 2.05) is 0 Å². The normalized spacial score (nSPS) is 14.8. The predicted molar refractivity (Wildman–Crippen MR) is 148 cm³/mol. The SMILES string of the molecule is CC(C)C(N[C@@H](c1ccc(-c2ccc(S(C)(=O)=O)cc2)cc1)C(F)(F)F)(C(N)=O)[C@@H](C#N)Cc1c(F)cc(C#N)cc1F. The molecule has 3 aromatic carbocycles. The van der Waals surface area contributed by atoms with Crippen LogP contribution in [0.15, 0.2) is 65.6 Å². The molecule has 0 fully saturated rings. The van der Waals surface area contributed by atoms with Gasteiger partial charge in [0, 0.05) is 11.8 Å². The molecule has 0 saturated carbocycles. The van der Waals surface area contributed by atoms with Gasteiger partial charge in [-0.15, -0.1) is 0 Å². The molecular weight excluding hydrogens is 591 g/mol. The van der Waals surface area contributed by atoms with Crippen LogP contribution in [0.3, 0.4) is 0 Å². The van der Waals surface area contributed by atoms with E-state index in [4.69, 9.17) is 11.0 Å². The summed E-state index contributed by atoms with van der Waals surface area (Å²) in [5, 5.41) is 21.2. The van der Waals surface area contributed by atoms with E-state index in [-0.39, 0.29) is 16.0 Å². The Bertz CT molecular complexity index is 1670. The molecule has 0 aliphatic carbocycles. The number of rotatable bonds is 10. The highest BCUT2D eigenvalue weighted by molar-refractivity contribution is 7.90. The number of nitriles is 2. The summed E-state index contributed by atoms with van der Waals surface area (Å²) in [6.07, 6.45) is -4.79. The van der Waals surface area contributed by atoms with Crippen molar-refractivity contribution in [2.45, 2.75) is 42.9 Å². The lowest BCUT2D eigenvalue weighted by Gasteiger charge is -2.42. The van der Waals surface area contributed by atoms with Crippen molar-refractivity contribution in [1.82, 2.24) is 5.32 Å². The predicted octanol–water partition coefficient (Wildman–Crippen LogP) is 5.36. The molecule has 0 aromatic heterocycles. The van der Waals surface area contributed by atoms with Crippen molar-refractivity contribution < 1.29 is 35.2 Å². The number of alkyl halides is 3. The summed E-state index contributed by atoms with van der Waals surface area (Å²) < 4.78 is 96.5. The molecule has 7 nitrogen and oxygen atoms in total. The molecule has 13 heteroatoms. The van der Waals surface area contributed by atoms with Crippen molar-refractivity contribution in [3.8, 4) is 23.3 Å². The Kier molecular flexibility index (Phi) is 9.64. The number of amides is 1. The van der Waals surface area contributed by atoms with Gasteiger partial charge in [-0.1, -0.05) is 50.2 Å². The van der Waals surface area contributed by atoms with Crippen molar-refractivity contribution in [1.29, 1.82) is 10.5 Å². The maximum absolute atomic E-state index is 14.7. The summed E-state index contributed by atoms with van der Waals surface area (Å²) in [6, 6.07) is 13.0. The first-order valence-electron chi connectivity index (χ1n) is 12.8. The lowest BCUT2D eigenvalue weighted by Crippen LogP contribution is -2.66. The van der Waals surface area contributed by atoms with E-state index in [0.29, 0.717) is 11.1 Å². The van der Waals surface area contributed by atoms with E-state index < -0.39 is 69.0 Å². The van der Waals surface area contributed by atoms with Gasteiger partial charge in [0.05, 0.1) is 28.5 Å². The summed E-state index contributed by atoms with van der Waals surface area (Å²) in [6.45, 7) is 2.70. The van der Waals surface area contributed by atoms with Crippen LogP contribution in [0.2, 0.25) is 0 Å². The Labute approximate surface area is 245 Å². The molecule has 226 valence electrons. The molecule has 1 unspecified atom stereocenters. The monoisotopic (exact) mass is 618 g/mol. The lowest BCUT2D eigenvalue weighted by molar-refractivity contribution is -0.168. The van der Waals surface area contributed by atoms with Crippen molar-refractivity contribution >= 4 is 15.7 Å². The van der Waals surface area contributed by atoms with Gasteiger partial charge in [0.1, 0.15) is 23.2 Å². The molecule has 1 amide bonds. The summed E-state index contributed by atoms with van der Waals surface area (Å²) in [7, 11) is -3.45. The number of nitrogens with two attached hydrogens (primary N) is 1. The summed E-state index contributed by atoms with van der Waals surface area (Å²) >= 11 is 0. The molecule has 43 heavy (non-hydrogen) atoms. The number of nitrogens with zero attached hydrogens (tertiary/aromatic N) is 2. The third-order valence-electron chi connectivity index (χ3n) is 7.27. The molecule has 0 bridgehead atoms. The average molecular weight is 619 g/mol. The second kappa shape index (κ2) is 12.5. The van der Waals surface area contributed by atoms with Crippen molar-refractivity contribution in [3.63, 3.8) is 0 Å². The van der Waals surface area contributed by atoms with Crippen LogP contribution in [0.4, 0.5) is 22.0 Å². The Morgan fingerprint density at radius 1 is 0.953 bits per heavy atom. The molecule has 0 heterocycles. The number of nitrogens with one attached hydrogen (secondary N) is 1. The highest BCUT2D eigenvalue weighted by atomic mass is 32.2. The van der Waals surface area contributed by atoms with E-state index in [2.05, 4.69) is 5.32 Å². The minimum Gasteiger partial charge on any atom is -0.368 e. The van der Waals surface area contributed by atoms with Gasteiger partial charge in [-0.2, -0.15) is 23.7 Å². The third-order valence-corrected chi connectivity index (χ3v) is 8.40. The molecule has 3 rings (SSSR count). The third kappa shape index (κ3) is 7.01. The maximum Gasteiger partial charge on any atom is 0.407 e. The van der Waals surface area contributed by atoms with Crippen LogP contribution in [-0.2, 0) is 21.1 Å². The van der Waals surface area contributed by atoms with Crippen LogP contribution in [0, 0.1) is 46.1 Å². The number of carbonyl (C=O) groups excluding carboxylic acids is 1. The Morgan fingerprint density at radius 3 is 1.81 bits per heavy atom. The topological polar surface area (TPSA) is 137 Å². The van der Waals surface area contributed by atoms with Gasteiger partial charge in [0.25, 0.3) is 0 Å². The fourth-order valence-electron chi connectivity index (χ4n) is 4.93. The van der Waals surface area contributed by atoms with Gasteiger partial charge in [-0.05, 0) is 53.3 Å². The maximum atomic E-state index is 14.7.